The van der Waals surface area contributed by atoms with E-state index in [2.05, 4.69) is 53.4 Å². The summed E-state index contributed by atoms with van der Waals surface area (Å²) in [5.74, 6) is 1.27. The van der Waals surface area contributed by atoms with E-state index in [1.165, 1.54) is 4.90 Å². The third kappa shape index (κ3) is 7.97. The lowest BCUT2D eigenvalue weighted by Crippen LogP contribution is -2.39. The molecule has 0 bridgehead atoms. The zero-order chi connectivity index (χ0) is 20.1. The minimum absolute atomic E-state index is 0. The predicted molar refractivity (Wildman–Crippen MR) is 115 cm³/mol. The zero-order valence-corrected chi connectivity index (χ0v) is 19.1. The van der Waals surface area contributed by atoms with E-state index in [-0.39, 0.29) is 17.8 Å². The fourth-order valence-corrected chi connectivity index (χ4v) is 2.87. The summed E-state index contributed by atoms with van der Waals surface area (Å²) in [6, 6.07) is 6.55. The molecule has 0 aliphatic carbocycles. The second kappa shape index (κ2) is 10.8. The van der Waals surface area contributed by atoms with E-state index >= 15 is 0 Å². The number of carbonyl (C=O) groups excluding carboxylic acids is 1. The molecule has 0 N–H and O–H groups in total. The van der Waals surface area contributed by atoms with Crippen LogP contribution in [0.2, 0.25) is 0 Å². The van der Waals surface area contributed by atoms with Crippen LogP contribution < -0.4 is 9.47 Å². The van der Waals surface area contributed by atoms with Crippen molar-refractivity contribution in [2.45, 2.75) is 66.0 Å². The van der Waals surface area contributed by atoms with Crippen molar-refractivity contribution >= 4 is 18.5 Å². The summed E-state index contributed by atoms with van der Waals surface area (Å²) in [6.07, 6.45) is -0.398. The van der Waals surface area contributed by atoms with Gasteiger partial charge < -0.3 is 14.4 Å². The van der Waals surface area contributed by atoms with Gasteiger partial charge in [-0.15, -0.1) is 12.4 Å². The first kappa shape index (κ1) is 25.5. The van der Waals surface area contributed by atoms with Crippen LogP contribution in [-0.2, 0) is 5.41 Å². The number of hydrogen-bond acceptors (Lipinski definition) is 4. The highest BCUT2D eigenvalue weighted by atomic mass is 35.5. The summed E-state index contributed by atoms with van der Waals surface area (Å²) in [5, 5.41) is 0. The molecule has 0 aromatic heterocycles. The lowest BCUT2D eigenvalue weighted by atomic mass is 9.86. The quantitative estimate of drug-likeness (QED) is 0.648. The molecule has 0 radical (unpaired) electrons. The SMILES string of the molecule is CC(C)N(CCOc1cc(OC(=O)N(C)C)ccc1C(C)(C)C)C(C)C.Cl. The van der Waals surface area contributed by atoms with Crippen molar-refractivity contribution in [3.8, 4) is 11.5 Å². The number of halogens is 1. The van der Waals surface area contributed by atoms with Crippen molar-refractivity contribution in [1.29, 1.82) is 0 Å². The average Bonchev–Trinajstić information content (AvgIpc) is 2.49. The van der Waals surface area contributed by atoms with Crippen LogP contribution in [0.25, 0.3) is 0 Å². The van der Waals surface area contributed by atoms with Crippen LogP contribution in [0.3, 0.4) is 0 Å². The smallest absolute Gasteiger partial charge is 0.414 e. The number of rotatable bonds is 7. The Morgan fingerprint density at radius 2 is 1.63 bits per heavy atom. The molecule has 27 heavy (non-hydrogen) atoms. The van der Waals surface area contributed by atoms with Gasteiger partial charge in [-0.05, 0) is 44.7 Å². The molecule has 0 fully saturated rings. The van der Waals surface area contributed by atoms with Crippen molar-refractivity contribution in [2.24, 2.45) is 0 Å². The Labute approximate surface area is 171 Å². The van der Waals surface area contributed by atoms with Gasteiger partial charge in [0.25, 0.3) is 0 Å². The Kier molecular flexibility index (Phi) is 10.2. The van der Waals surface area contributed by atoms with E-state index in [1.807, 2.05) is 18.2 Å². The van der Waals surface area contributed by atoms with Gasteiger partial charge >= 0.3 is 6.09 Å². The molecule has 0 atom stereocenters. The summed E-state index contributed by atoms with van der Waals surface area (Å²) in [4.78, 5) is 15.6. The molecule has 0 aliphatic heterocycles. The van der Waals surface area contributed by atoms with Crippen LogP contribution >= 0.6 is 12.4 Å². The number of benzene rings is 1. The topological polar surface area (TPSA) is 42.0 Å². The molecule has 0 saturated heterocycles. The Bertz CT molecular complexity index is 588. The fraction of sp³-hybridized carbons (Fsp3) is 0.667. The highest BCUT2D eigenvalue weighted by molar-refractivity contribution is 5.85. The molecule has 0 saturated carbocycles. The number of amides is 1. The second-order valence-electron chi connectivity index (χ2n) is 8.44. The van der Waals surface area contributed by atoms with Gasteiger partial charge in [0.1, 0.15) is 18.1 Å². The Hall–Kier alpha value is -1.46. The first-order chi connectivity index (χ1) is 11.9. The molecule has 0 aliphatic rings. The van der Waals surface area contributed by atoms with E-state index in [1.54, 1.807) is 14.1 Å². The van der Waals surface area contributed by atoms with Gasteiger partial charge in [0, 0.05) is 38.8 Å². The van der Waals surface area contributed by atoms with Crippen molar-refractivity contribution < 1.29 is 14.3 Å². The van der Waals surface area contributed by atoms with Gasteiger partial charge in [0.2, 0.25) is 0 Å². The molecule has 1 rings (SSSR count). The number of hydrogen-bond donors (Lipinski definition) is 0. The normalized spacial score (nSPS) is 11.6. The van der Waals surface area contributed by atoms with Gasteiger partial charge in [0.05, 0.1) is 0 Å². The third-order valence-corrected chi connectivity index (χ3v) is 4.27. The molecule has 1 aromatic carbocycles. The van der Waals surface area contributed by atoms with E-state index in [0.717, 1.165) is 17.9 Å². The lowest BCUT2D eigenvalue weighted by Gasteiger charge is -2.31. The van der Waals surface area contributed by atoms with Crippen LogP contribution in [0, 0.1) is 0 Å². The number of ether oxygens (including phenoxy) is 2. The Balaban J connectivity index is 0.00000676. The molecular weight excluding hydrogens is 364 g/mol. The summed E-state index contributed by atoms with van der Waals surface area (Å²) in [6.45, 7) is 16.7. The molecule has 1 amide bonds. The molecular formula is C21H37ClN2O3. The molecule has 6 heteroatoms. The summed E-state index contributed by atoms with van der Waals surface area (Å²) in [5.41, 5.74) is 1.04. The lowest BCUT2D eigenvalue weighted by molar-refractivity contribution is 0.141. The summed E-state index contributed by atoms with van der Waals surface area (Å²) in [7, 11) is 3.32. The van der Waals surface area contributed by atoms with E-state index in [9.17, 15) is 4.79 Å². The van der Waals surface area contributed by atoms with Crippen LogP contribution in [0.15, 0.2) is 18.2 Å². The maximum Gasteiger partial charge on any atom is 0.414 e. The van der Waals surface area contributed by atoms with Gasteiger partial charge in [-0.1, -0.05) is 26.8 Å². The molecule has 0 unspecified atom stereocenters. The van der Waals surface area contributed by atoms with Gasteiger partial charge in [0.15, 0.2) is 0 Å². The maximum atomic E-state index is 11.8. The third-order valence-electron chi connectivity index (χ3n) is 4.27. The highest BCUT2D eigenvalue weighted by Crippen LogP contribution is 2.34. The summed E-state index contributed by atoms with van der Waals surface area (Å²) < 4.78 is 11.5. The van der Waals surface area contributed by atoms with Crippen LogP contribution in [0.5, 0.6) is 11.5 Å². The van der Waals surface area contributed by atoms with E-state index in [4.69, 9.17) is 9.47 Å². The Morgan fingerprint density at radius 3 is 2.07 bits per heavy atom. The number of carbonyl (C=O) groups is 1. The monoisotopic (exact) mass is 400 g/mol. The molecule has 156 valence electrons. The van der Waals surface area contributed by atoms with Crippen molar-refractivity contribution in [3.05, 3.63) is 23.8 Å². The van der Waals surface area contributed by atoms with Crippen LogP contribution in [0.1, 0.15) is 54.0 Å². The van der Waals surface area contributed by atoms with Crippen molar-refractivity contribution in [1.82, 2.24) is 9.80 Å². The largest absolute Gasteiger partial charge is 0.492 e. The molecule has 0 spiro atoms. The first-order valence-electron chi connectivity index (χ1n) is 9.35. The molecule has 0 heterocycles. The summed E-state index contributed by atoms with van der Waals surface area (Å²) >= 11 is 0. The standard InChI is InChI=1S/C21H36N2O3.ClH/c1-15(2)23(16(3)4)12-13-25-19-14-17(26-20(24)22(8)9)10-11-18(19)21(5,6)7;/h10-11,14-16H,12-13H2,1-9H3;1H. The minimum Gasteiger partial charge on any atom is -0.492 e. The number of nitrogens with zero attached hydrogens (tertiary/aromatic N) is 2. The highest BCUT2D eigenvalue weighted by Gasteiger charge is 2.21. The van der Waals surface area contributed by atoms with Crippen molar-refractivity contribution in [2.75, 3.05) is 27.2 Å². The van der Waals surface area contributed by atoms with Gasteiger partial charge in [-0.25, -0.2) is 4.79 Å². The second-order valence-corrected chi connectivity index (χ2v) is 8.44. The molecule has 1 aromatic rings. The Morgan fingerprint density at radius 1 is 1.07 bits per heavy atom. The average molecular weight is 401 g/mol. The van der Waals surface area contributed by atoms with E-state index in [0.29, 0.717) is 24.4 Å². The van der Waals surface area contributed by atoms with Gasteiger partial charge in [-0.3, -0.25) is 4.90 Å². The van der Waals surface area contributed by atoms with Crippen molar-refractivity contribution in [3.63, 3.8) is 0 Å². The van der Waals surface area contributed by atoms with Crippen LogP contribution in [0.4, 0.5) is 4.79 Å². The van der Waals surface area contributed by atoms with Crippen LogP contribution in [-0.4, -0.2) is 55.2 Å². The first-order valence-corrected chi connectivity index (χ1v) is 9.35. The van der Waals surface area contributed by atoms with E-state index < -0.39 is 6.09 Å². The minimum atomic E-state index is -0.398. The maximum absolute atomic E-state index is 11.8. The van der Waals surface area contributed by atoms with Gasteiger partial charge in [-0.2, -0.15) is 0 Å². The predicted octanol–water partition coefficient (Wildman–Crippen LogP) is 4.96. The fourth-order valence-electron chi connectivity index (χ4n) is 2.87. The molecule has 5 nitrogen and oxygen atoms in total. The zero-order valence-electron chi connectivity index (χ0n) is 18.3.